The molecule has 0 aliphatic carbocycles. The van der Waals surface area contributed by atoms with Crippen LogP contribution in [0.25, 0.3) is 0 Å². The van der Waals surface area contributed by atoms with Gasteiger partial charge in [0.15, 0.2) is 19.7 Å². The Hall–Kier alpha value is -1.90. The van der Waals surface area contributed by atoms with Gasteiger partial charge in [-0.2, -0.15) is 10.5 Å². The maximum absolute atomic E-state index is 11.9. The van der Waals surface area contributed by atoms with Crippen molar-refractivity contribution in [1.29, 1.82) is 10.5 Å². The van der Waals surface area contributed by atoms with Gasteiger partial charge in [-0.3, -0.25) is 0 Å². The van der Waals surface area contributed by atoms with Crippen LogP contribution in [0.2, 0.25) is 0 Å². The van der Waals surface area contributed by atoms with Crippen LogP contribution < -0.4 is 0 Å². The van der Waals surface area contributed by atoms with Gasteiger partial charge in [-0.25, -0.2) is 16.8 Å². The number of rotatable bonds is 5. The van der Waals surface area contributed by atoms with E-state index >= 15 is 0 Å². The van der Waals surface area contributed by atoms with Gasteiger partial charge in [0, 0.05) is 31.3 Å². The van der Waals surface area contributed by atoms with Crippen LogP contribution in [-0.4, -0.2) is 29.3 Å². The third kappa shape index (κ3) is 4.03. The van der Waals surface area contributed by atoms with Crippen LogP contribution in [0.15, 0.2) is 28.0 Å². The highest BCUT2D eigenvalue weighted by molar-refractivity contribution is 7.91. The van der Waals surface area contributed by atoms with Gasteiger partial charge >= 0.3 is 0 Å². The van der Waals surface area contributed by atoms with E-state index in [2.05, 4.69) is 0 Å². The molecule has 6 nitrogen and oxygen atoms in total. The first-order chi connectivity index (χ1) is 9.62. The molecule has 1 aromatic carbocycles. The predicted octanol–water partition coefficient (Wildman–Crippen LogP) is 1.40. The molecule has 21 heavy (non-hydrogen) atoms. The maximum Gasteiger partial charge on any atom is 0.175 e. The highest BCUT2D eigenvalue weighted by atomic mass is 32.2. The van der Waals surface area contributed by atoms with E-state index in [-0.39, 0.29) is 28.2 Å². The second kappa shape index (κ2) is 6.25. The van der Waals surface area contributed by atoms with Gasteiger partial charge in [-0.1, -0.05) is 6.07 Å². The van der Waals surface area contributed by atoms with E-state index in [0.717, 1.165) is 12.5 Å². The summed E-state index contributed by atoms with van der Waals surface area (Å²) in [6, 6.07) is 7.66. The smallest absolute Gasteiger partial charge is 0.175 e. The van der Waals surface area contributed by atoms with Crippen molar-refractivity contribution in [1.82, 2.24) is 0 Å². The van der Waals surface area contributed by atoms with Crippen LogP contribution in [0, 0.1) is 22.7 Å². The van der Waals surface area contributed by atoms with E-state index in [1.165, 1.54) is 18.2 Å². The van der Waals surface area contributed by atoms with Crippen molar-refractivity contribution in [3.05, 3.63) is 23.8 Å². The lowest BCUT2D eigenvalue weighted by atomic mass is 9.93. The zero-order valence-corrected chi connectivity index (χ0v) is 13.2. The molecule has 0 bridgehead atoms. The number of benzene rings is 1. The minimum Gasteiger partial charge on any atom is -0.224 e. The van der Waals surface area contributed by atoms with Crippen LogP contribution in [0.4, 0.5) is 0 Å². The molecule has 0 saturated carbocycles. The fraction of sp³-hybridized carbons (Fsp3) is 0.385. The van der Waals surface area contributed by atoms with Crippen molar-refractivity contribution in [3.8, 4) is 12.1 Å². The fourth-order valence-corrected chi connectivity index (χ4v) is 4.14. The lowest BCUT2D eigenvalue weighted by molar-refractivity contribution is 0.590. The summed E-state index contributed by atoms with van der Waals surface area (Å²) in [6.45, 7) is 0. The first kappa shape index (κ1) is 17.2. The lowest BCUT2D eigenvalue weighted by Crippen LogP contribution is -2.13. The van der Waals surface area contributed by atoms with Gasteiger partial charge in [0.05, 0.1) is 21.9 Å². The van der Waals surface area contributed by atoms with E-state index in [0.29, 0.717) is 0 Å². The van der Waals surface area contributed by atoms with Gasteiger partial charge in [0.2, 0.25) is 0 Å². The van der Waals surface area contributed by atoms with Gasteiger partial charge in [0.25, 0.3) is 0 Å². The van der Waals surface area contributed by atoms with Crippen LogP contribution >= 0.6 is 0 Å². The van der Waals surface area contributed by atoms with Crippen molar-refractivity contribution in [2.24, 2.45) is 0 Å². The van der Waals surface area contributed by atoms with E-state index in [9.17, 15) is 16.8 Å². The third-order valence-corrected chi connectivity index (χ3v) is 5.22. The molecule has 0 radical (unpaired) electrons. The number of nitriles is 2. The molecule has 8 heteroatoms. The zero-order chi connectivity index (χ0) is 16.3. The quantitative estimate of drug-likeness (QED) is 0.807. The topological polar surface area (TPSA) is 116 Å². The highest BCUT2D eigenvalue weighted by Gasteiger charge is 2.27. The minimum atomic E-state index is -3.68. The summed E-state index contributed by atoms with van der Waals surface area (Å²) in [4.78, 5) is -0.304. The highest BCUT2D eigenvalue weighted by Crippen LogP contribution is 2.34. The molecule has 1 rings (SSSR count). The molecular formula is C13H14N2O4S2. The van der Waals surface area contributed by atoms with Gasteiger partial charge < -0.3 is 0 Å². The number of sulfone groups is 2. The maximum atomic E-state index is 11.9. The number of nitrogens with zero attached hydrogens (tertiary/aromatic N) is 2. The lowest BCUT2D eigenvalue weighted by Gasteiger charge is -2.18. The van der Waals surface area contributed by atoms with Crippen molar-refractivity contribution >= 4 is 19.7 Å². The molecule has 0 atom stereocenters. The van der Waals surface area contributed by atoms with Gasteiger partial charge in [-0.05, 0) is 17.7 Å². The minimum absolute atomic E-state index is 0.0330. The van der Waals surface area contributed by atoms with Gasteiger partial charge in [-0.15, -0.1) is 0 Å². The van der Waals surface area contributed by atoms with E-state index in [1.807, 2.05) is 12.1 Å². The molecule has 0 amide bonds. The Bertz CT molecular complexity index is 762. The molecule has 0 heterocycles. The van der Waals surface area contributed by atoms with Crippen LogP contribution in [0.5, 0.6) is 0 Å². The summed E-state index contributed by atoms with van der Waals surface area (Å²) in [5.74, 6) is -0.768. The molecule has 0 N–H and O–H groups in total. The second-order valence-electron chi connectivity index (χ2n) is 4.63. The molecular weight excluding hydrogens is 312 g/mol. The van der Waals surface area contributed by atoms with E-state index in [4.69, 9.17) is 10.5 Å². The summed E-state index contributed by atoms with van der Waals surface area (Å²) in [7, 11) is -7.36. The Balaban J connectivity index is 3.81. The van der Waals surface area contributed by atoms with Crippen molar-refractivity contribution < 1.29 is 16.8 Å². The predicted molar refractivity (Wildman–Crippen MR) is 75.9 cm³/mol. The fourth-order valence-electron chi connectivity index (χ4n) is 2.07. The SMILES string of the molecule is CS(=O)(=O)c1cccc(S(C)(=O)=O)c1C(CC#N)CC#N. The molecule has 0 unspecified atom stereocenters. The molecule has 0 aliphatic heterocycles. The molecule has 0 spiro atoms. The Labute approximate surface area is 124 Å². The Morgan fingerprint density at radius 1 is 0.952 bits per heavy atom. The number of hydrogen-bond acceptors (Lipinski definition) is 6. The third-order valence-electron chi connectivity index (χ3n) is 2.91. The second-order valence-corrected chi connectivity index (χ2v) is 8.60. The molecule has 0 fully saturated rings. The van der Waals surface area contributed by atoms with Crippen LogP contribution in [0.3, 0.4) is 0 Å². The molecule has 0 saturated heterocycles. The largest absolute Gasteiger partial charge is 0.224 e. The average Bonchev–Trinajstić information content (AvgIpc) is 2.35. The Kier molecular flexibility index (Phi) is 5.10. The summed E-state index contributed by atoms with van der Waals surface area (Å²) in [5, 5.41) is 17.7. The van der Waals surface area contributed by atoms with E-state index in [1.54, 1.807) is 0 Å². The molecule has 1 aromatic rings. The molecule has 0 aromatic heterocycles. The zero-order valence-electron chi connectivity index (χ0n) is 11.6. The summed E-state index contributed by atoms with van der Waals surface area (Å²) < 4.78 is 47.5. The van der Waals surface area contributed by atoms with E-state index < -0.39 is 25.6 Å². The van der Waals surface area contributed by atoms with Crippen molar-refractivity contribution in [2.75, 3.05) is 12.5 Å². The van der Waals surface area contributed by atoms with Crippen molar-refractivity contribution in [2.45, 2.75) is 28.6 Å². The summed E-state index contributed by atoms with van der Waals surface area (Å²) in [6.07, 6.45) is 1.66. The molecule has 112 valence electrons. The normalized spacial score (nSPS) is 11.9. The Morgan fingerprint density at radius 2 is 1.33 bits per heavy atom. The van der Waals surface area contributed by atoms with Crippen LogP contribution in [0.1, 0.15) is 24.3 Å². The average molecular weight is 326 g/mol. The number of hydrogen-bond donors (Lipinski definition) is 0. The summed E-state index contributed by atoms with van der Waals surface area (Å²) in [5.41, 5.74) is 0.0330. The monoisotopic (exact) mass is 326 g/mol. The van der Waals surface area contributed by atoms with Gasteiger partial charge in [0.1, 0.15) is 0 Å². The Morgan fingerprint density at radius 3 is 1.62 bits per heavy atom. The van der Waals surface area contributed by atoms with Crippen molar-refractivity contribution in [3.63, 3.8) is 0 Å². The summed E-state index contributed by atoms with van der Waals surface area (Å²) >= 11 is 0. The first-order valence-corrected chi connectivity index (χ1v) is 9.68. The first-order valence-electron chi connectivity index (χ1n) is 5.89. The molecule has 0 aliphatic rings. The standard InChI is InChI=1S/C13H14N2O4S2/c1-20(16,17)11-4-3-5-12(21(2,18)19)13(11)10(6-8-14)7-9-15/h3-5,10H,6-7H2,1-2H3. The van der Waals surface area contributed by atoms with Crippen LogP contribution in [-0.2, 0) is 19.7 Å².